The van der Waals surface area contributed by atoms with E-state index in [1.54, 1.807) is 19.9 Å². The number of carboxylic acids is 1. The summed E-state index contributed by atoms with van der Waals surface area (Å²) in [5, 5.41) is 11.9. The second-order valence-electron chi connectivity index (χ2n) is 3.87. The Bertz CT molecular complexity index is 695. The number of aromatic nitrogens is 1. The average Bonchev–Trinajstić information content (AvgIpc) is 2.69. The number of halogens is 1. The lowest BCUT2D eigenvalue weighted by molar-refractivity contribution is 0.0666. The summed E-state index contributed by atoms with van der Waals surface area (Å²) in [6, 6.07) is 1.63. The van der Waals surface area contributed by atoms with Crippen molar-refractivity contribution >= 4 is 44.8 Å². The van der Waals surface area contributed by atoms with Crippen molar-refractivity contribution in [3.05, 3.63) is 22.0 Å². The molecule has 0 aliphatic carbocycles. The fraction of sp³-hybridized carbons (Fsp3) is 0.250. The van der Waals surface area contributed by atoms with Gasteiger partial charge in [-0.25, -0.2) is 14.6 Å². The van der Waals surface area contributed by atoms with Gasteiger partial charge in [-0.2, -0.15) is 0 Å². The fourth-order valence-corrected chi connectivity index (χ4v) is 1.95. The number of hydrogen-bond donors (Lipinski definition) is 2. The van der Waals surface area contributed by atoms with E-state index in [1.807, 2.05) is 0 Å². The normalized spacial score (nSPS) is 10.6. The molecule has 2 aromatic rings. The third kappa shape index (κ3) is 2.60. The SMILES string of the molecule is CCOC(=O)Nc1c(C(=O)O)oc2nc(C)c(Br)cc12. The number of carbonyl (C=O) groups excluding carboxylic acids is 1. The Morgan fingerprint density at radius 1 is 1.55 bits per heavy atom. The first-order chi connectivity index (χ1) is 9.43. The summed E-state index contributed by atoms with van der Waals surface area (Å²) < 4.78 is 10.6. The number of nitrogens with one attached hydrogen (secondary N) is 1. The molecule has 0 aliphatic heterocycles. The Hall–Kier alpha value is -2.09. The number of carbonyl (C=O) groups is 2. The highest BCUT2D eigenvalue weighted by Gasteiger charge is 2.23. The molecular formula is C12H11BrN2O5. The van der Waals surface area contributed by atoms with E-state index in [2.05, 4.69) is 26.2 Å². The van der Waals surface area contributed by atoms with Crippen molar-refractivity contribution in [3.8, 4) is 0 Å². The number of amides is 1. The van der Waals surface area contributed by atoms with Crippen molar-refractivity contribution in [2.24, 2.45) is 0 Å². The molecule has 0 radical (unpaired) electrons. The van der Waals surface area contributed by atoms with Gasteiger partial charge in [0.25, 0.3) is 0 Å². The molecule has 106 valence electrons. The first-order valence-electron chi connectivity index (χ1n) is 5.70. The van der Waals surface area contributed by atoms with Crippen LogP contribution in [0.4, 0.5) is 10.5 Å². The Balaban J connectivity index is 2.59. The molecule has 2 rings (SSSR count). The number of ether oxygens (including phenoxy) is 1. The Labute approximate surface area is 122 Å². The van der Waals surface area contributed by atoms with Crippen LogP contribution in [0.1, 0.15) is 23.2 Å². The predicted molar refractivity (Wildman–Crippen MR) is 74.1 cm³/mol. The van der Waals surface area contributed by atoms with Crippen LogP contribution in [0, 0.1) is 6.92 Å². The van der Waals surface area contributed by atoms with Crippen LogP contribution in [0.3, 0.4) is 0 Å². The summed E-state index contributed by atoms with van der Waals surface area (Å²) in [4.78, 5) is 26.8. The number of pyridine rings is 1. The second-order valence-corrected chi connectivity index (χ2v) is 4.72. The van der Waals surface area contributed by atoms with Crippen molar-refractivity contribution in [1.82, 2.24) is 4.98 Å². The minimum Gasteiger partial charge on any atom is -0.475 e. The lowest BCUT2D eigenvalue weighted by Gasteiger charge is -2.04. The minimum atomic E-state index is -1.30. The molecule has 0 fully saturated rings. The molecule has 8 heteroatoms. The molecule has 20 heavy (non-hydrogen) atoms. The van der Waals surface area contributed by atoms with E-state index in [-0.39, 0.29) is 18.0 Å². The van der Waals surface area contributed by atoms with Crippen LogP contribution in [0.5, 0.6) is 0 Å². The molecule has 7 nitrogen and oxygen atoms in total. The van der Waals surface area contributed by atoms with E-state index >= 15 is 0 Å². The summed E-state index contributed by atoms with van der Waals surface area (Å²) in [5.74, 6) is -1.69. The van der Waals surface area contributed by atoms with E-state index in [9.17, 15) is 9.59 Å². The zero-order valence-corrected chi connectivity index (χ0v) is 12.3. The quantitative estimate of drug-likeness (QED) is 0.888. The van der Waals surface area contributed by atoms with Gasteiger partial charge in [0.2, 0.25) is 11.5 Å². The average molecular weight is 343 g/mol. The fourth-order valence-electron chi connectivity index (χ4n) is 1.63. The van der Waals surface area contributed by atoms with E-state index in [0.29, 0.717) is 15.6 Å². The summed E-state index contributed by atoms with van der Waals surface area (Å²) >= 11 is 3.30. The summed E-state index contributed by atoms with van der Waals surface area (Å²) in [6.07, 6.45) is -0.755. The lowest BCUT2D eigenvalue weighted by Crippen LogP contribution is -2.15. The highest BCUT2D eigenvalue weighted by atomic mass is 79.9. The number of fused-ring (bicyclic) bond motifs is 1. The predicted octanol–water partition coefficient (Wildman–Crippen LogP) is 3.17. The van der Waals surface area contributed by atoms with E-state index in [0.717, 1.165) is 0 Å². The van der Waals surface area contributed by atoms with Gasteiger partial charge in [0.15, 0.2) is 0 Å². The van der Waals surface area contributed by atoms with Crippen LogP contribution in [-0.4, -0.2) is 28.8 Å². The zero-order valence-electron chi connectivity index (χ0n) is 10.7. The standard InChI is InChI=1S/C12H11BrN2O5/c1-3-19-12(18)15-8-6-4-7(13)5(2)14-10(6)20-9(8)11(16)17/h4H,3H2,1-2H3,(H,15,18)(H,16,17). The van der Waals surface area contributed by atoms with Crippen LogP contribution >= 0.6 is 15.9 Å². The Kier molecular flexibility index (Phi) is 3.93. The van der Waals surface area contributed by atoms with Crippen LogP contribution < -0.4 is 5.32 Å². The molecule has 0 saturated heterocycles. The Morgan fingerprint density at radius 2 is 2.25 bits per heavy atom. The van der Waals surface area contributed by atoms with Gasteiger partial charge in [0, 0.05) is 4.47 Å². The number of aromatic carboxylic acids is 1. The number of hydrogen-bond acceptors (Lipinski definition) is 5. The Morgan fingerprint density at radius 3 is 2.85 bits per heavy atom. The van der Waals surface area contributed by atoms with Crippen LogP contribution in [0.25, 0.3) is 11.1 Å². The van der Waals surface area contributed by atoms with Gasteiger partial charge in [-0.15, -0.1) is 0 Å². The minimum absolute atomic E-state index is 0.0270. The molecule has 0 spiro atoms. The number of rotatable bonds is 3. The highest BCUT2D eigenvalue weighted by Crippen LogP contribution is 2.33. The van der Waals surface area contributed by atoms with Gasteiger partial charge in [-0.1, -0.05) is 0 Å². The maximum absolute atomic E-state index is 11.5. The number of nitrogens with zero attached hydrogens (tertiary/aromatic N) is 1. The van der Waals surface area contributed by atoms with Crippen molar-refractivity contribution < 1.29 is 23.8 Å². The van der Waals surface area contributed by atoms with E-state index in [1.165, 1.54) is 0 Å². The topological polar surface area (TPSA) is 102 Å². The van der Waals surface area contributed by atoms with Crippen LogP contribution in [-0.2, 0) is 4.74 Å². The van der Waals surface area contributed by atoms with E-state index in [4.69, 9.17) is 14.3 Å². The van der Waals surface area contributed by atoms with Crippen LogP contribution in [0.2, 0.25) is 0 Å². The van der Waals surface area contributed by atoms with Gasteiger partial charge in [-0.3, -0.25) is 5.32 Å². The van der Waals surface area contributed by atoms with Crippen LogP contribution in [0.15, 0.2) is 15.0 Å². The third-order valence-corrected chi connectivity index (χ3v) is 3.31. The largest absolute Gasteiger partial charge is 0.475 e. The summed E-state index contributed by atoms with van der Waals surface area (Å²) in [5.41, 5.74) is 0.805. The molecular weight excluding hydrogens is 332 g/mol. The molecule has 0 unspecified atom stereocenters. The van der Waals surface area contributed by atoms with Crippen molar-refractivity contribution in [2.45, 2.75) is 13.8 Å². The maximum atomic E-state index is 11.5. The zero-order chi connectivity index (χ0) is 14.9. The number of aryl methyl sites for hydroxylation is 1. The summed E-state index contributed by atoms with van der Waals surface area (Å²) in [6.45, 7) is 3.56. The van der Waals surface area contributed by atoms with Gasteiger partial charge >= 0.3 is 12.1 Å². The first-order valence-corrected chi connectivity index (χ1v) is 6.50. The third-order valence-electron chi connectivity index (χ3n) is 2.51. The smallest absolute Gasteiger partial charge is 0.411 e. The molecule has 0 saturated carbocycles. The molecule has 0 bridgehead atoms. The summed E-state index contributed by atoms with van der Waals surface area (Å²) in [7, 11) is 0. The van der Waals surface area contributed by atoms with Crippen molar-refractivity contribution in [3.63, 3.8) is 0 Å². The highest BCUT2D eigenvalue weighted by molar-refractivity contribution is 9.10. The number of anilines is 1. The molecule has 2 aromatic heterocycles. The molecule has 2 N–H and O–H groups in total. The van der Waals surface area contributed by atoms with Gasteiger partial charge in [0.1, 0.15) is 5.69 Å². The lowest BCUT2D eigenvalue weighted by atomic mass is 10.2. The monoisotopic (exact) mass is 342 g/mol. The van der Waals surface area contributed by atoms with Gasteiger partial charge < -0.3 is 14.3 Å². The second kappa shape index (κ2) is 5.49. The molecule has 0 aromatic carbocycles. The molecule has 2 heterocycles. The molecule has 0 aliphatic rings. The molecule has 0 atom stereocenters. The maximum Gasteiger partial charge on any atom is 0.411 e. The van der Waals surface area contributed by atoms with Gasteiger partial charge in [0.05, 0.1) is 17.7 Å². The first kappa shape index (κ1) is 14.3. The van der Waals surface area contributed by atoms with Crippen molar-refractivity contribution in [1.29, 1.82) is 0 Å². The van der Waals surface area contributed by atoms with E-state index < -0.39 is 17.8 Å². The molecule has 1 amide bonds. The van der Waals surface area contributed by atoms with Crippen molar-refractivity contribution in [2.75, 3.05) is 11.9 Å². The number of carboxylic acid groups (broad SMARTS) is 1. The number of furan rings is 1. The van der Waals surface area contributed by atoms with Gasteiger partial charge in [-0.05, 0) is 35.8 Å².